The molecule has 12 rings (SSSR count). The third-order valence-corrected chi connectivity index (χ3v) is 12.1. The number of rotatable bonds is 6. The van der Waals surface area contributed by atoms with Crippen molar-refractivity contribution in [3.05, 3.63) is 219 Å². The van der Waals surface area contributed by atoms with E-state index in [2.05, 4.69) is 199 Å². The highest BCUT2D eigenvalue weighted by Gasteiger charge is 2.16. The third kappa shape index (κ3) is 6.21. The van der Waals surface area contributed by atoms with Gasteiger partial charge in [-0.2, -0.15) is 4.80 Å². The monoisotopic (exact) mass is 776 g/mol. The highest BCUT2D eigenvalue weighted by atomic mass is 15.5. The molecule has 0 unspecified atom stereocenters. The first-order valence-electron chi connectivity index (χ1n) is 20.7. The van der Waals surface area contributed by atoms with E-state index in [4.69, 9.17) is 10.2 Å². The Balaban J connectivity index is 0.981. The second kappa shape index (κ2) is 14.3. The molecule has 0 amide bonds. The van der Waals surface area contributed by atoms with Crippen LogP contribution in [-0.4, -0.2) is 20.0 Å². The van der Waals surface area contributed by atoms with Crippen molar-refractivity contribution < 1.29 is 0 Å². The average Bonchev–Trinajstić information content (AvgIpc) is 3.78. The van der Waals surface area contributed by atoms with Gasteiger partial charge in [-0.3, -0.25) is 4.98 Å². The van der Waals surface area contributed by atoms with E-state index in [0.717, 1.165) is 50.1 Å². The number of fused-ring (bicyclic) bond motifs is 5. The van der Waals surface area contributed by atoms with Crippen molar-refractivity contribution in [3.8, 4) is 61.3 Å². The number of benzene rings is 10. The van der Waals surface area contributed by atoms with Crippen LogP contribution in [0.3, 0.4) is 0 Å². The van der Waals surface area contributed by atoms with Crippen molar-refractivity contribution in [3.63, 3.8) is 0 Å². The summed E-state index contributed by atoms with van der Waals surface area (Å²) in [7, 11) is 0. The van der Waals surface area contributed by atoms with Crippen molar-refractivity contribution in [2.45, 2.75) is 0 Å². The highest BCUT2D eigenvalue weighted by molar-refractivity contribution is 6.03. The lowest BCUT2D eigenvalue weighted by Gasteiger charge is -2.12. The van der Waals surface area contributed by atoms with Crippen LogP contribution in [0.5, 0.6) is 0 Å². The van der Waals surface area contributed by atoms with Crippen LogP contribution in [0.4, 0.5) is 0 Å². The van der Waals surface area contributed by atoms with Gasteiger partial charge in [0.25, 0.3) is 0 Å². The molecule has 0 saturated heterocycles. The Morgan fingerprint density at radius 1 is 0.295 bits per heavy atom. The van der Waals surface area contributed by atoms with Crippen LogP contribution in [0.2, 0.25) is 0 Å². The number of hydrogen-bond acceptors (Lipinski definition) is 3. The molecule has 0 aliphatic heterocycles. The molecule has 4 nitrogen and oxygen atoms in total. The molecule has 0 bridgehead atoms. The van der Waals surface area contributed by atoms with Gasteiger partial charge in [-0.15, -0.1) is 10.2 Å². The molecule has 10 aromatic carbocycles. The van der Waals surface area contributed by atoms with E-state index in [0.29, 0.717) is 0 Å². The van der Waals surface area contributed by atoms with Gasteiger partial charge >= 0.3 is 0 Å². The normalized spacial score (nSPS) is 11.6. The molecule has 0 aliphatic carbocycles. The molecule has 0 radical (unpaired) electrons. The van der Waals surface area contributed by atoms with E-state index in [1.54, 1.807) is 4.80 Å². The first-order valence-corrected chi connectivity index (χ1v) is 20.7. The molecular formula is C57H36N4. The van der Waals surface area contributed by atoms with Crippen molar-refractivity contribution in [1.29, 1.82) is 0 Å². The maximum absolute atomic E-state index is 5.19. The van der Waals surface area contributed by atoms with Crippen LogP contribution in [0, 0.1) is 0 Å². The van der Waals surface area contributed by atoms with E-state index >= 15 is 0 Å². The van der Waals surface area contributed by atoms with Crippen molar-refractivity contribution in [1.82, 2.24) is 20.0 Å². The standard InChI is InChI=1S/C57H36N4/c1-3-14-51-38(8-1)10-6-16-53(51)46-23-20-41-30-45(19-18-42(41)31-46)49-35-55(57-56(36-49)59-61(60-57)50-13-5-12-40(34-50)37-26-28-58-29-27-37)48-25-22-43-32-47(24-21-44(43)33-48)54-17-7-11-39-9-2-4-15-52(39)54/h1-36H. The molecule has 0 atom stereocenters. The van der Waals surface area contributed by atoms with Gasteiger partial charge in [0.05, 0.1) is 5.69 Å². The predicted octanol–water partition coefficient (Wildman–Crippen LogP) is 14.8. The zero-order valence-corrected chi connectivity index (χ0v) is 33.1. The van der Waals surface area contributed by atoms with Crippen molar-refractivity contribution >= 4 is 54.1 Å². The summed E-state index contributed by atoms with van der Waals surface area (Å²) in [6.07, 6.45) is 3.64. The summed E-state index contributed by atoms with van der Waals surface area (Å²) in [5, 5.41) is 20.1. The summed E-state index contributed by atoms with van der Waals surface area (Å²) in [5.41, 5.74) is 14.0. The van der Waals surface area contributed by atoms with Crippen molar-refractivity contribution in [2.75, 3.05) is 0 Å². The molecule has 0 fully saturated rings. The highest BCUT2D eigenvalue weighted by Crippen LogP contribution is 2.38. The van der Waals surface area contributed by atoms with E-state index in [1.165, 1.54) is 65.3 Å². The van der Waals surface area contributed by atoms with E-state index in [1.807, 2.05) is 24.5 Å². The Labute approximate surface area is 352 Å². The van der Waals surface area contributed by atoms with Gasteiger partial charge in [0.15, 0.2) is 0 Å². The number of hydrogen-bond donors (Lipinski definition) is 0. The predicted molar refractivity (Wildman–Crippen MR) is 254 cm³/mol. The van der Waals surface area contributed by atoms with Crippen LogP contribution in [0.25, 0.3) is 115 Å². The number of aromatic nitrogens is 4. The molecule has 0 spiro atoms. The maximum Gasteiger partial charge on any atom is 0.121 e. The van der Waals surface area contributed by atoms with Crippen LogP contribution < -0.4 is 0 Å². The van der Waals surface area contributed by atoms with Gasteiger partial charge in [-0.05, 0) is 154 Å². The van der Waals surface area contributed by atoms with Gasteiger partial charge in [-0.25, -0.2) is 0 Å². The van der Waals surface area contributed by atoms with Crippen molar-refractivity contribution in [2.24, 2.45) is 0 Å². The van der Waals surface area contributed by atoms with Crippen LogP contribution in [0.1, 0.15) is 0 Å². The van der Waals surface area contributed by atoms with Crippen LogP contribution in [-0.2, 0) is 0 Å². The molecule has 0 N–H and O–H groups in total. The first-order chi connectivity index (χ1) is 30.2. The molecule has 2 aromatic heterocycles. The fourth-order valence-electron chi connectivity index (χ4n) is 9.00. The molecule has 0 aliphatic rings. The Morgan fingerprint density at radius 3 is 1.43 bits per heavy atom. The maximum atomic E-state index is 5.19. The van der Waals surface area contributed by atoms with Gasteiger partial charge in [-0.1, -0.05) is 146 Å². The number of pyridine rings is 1. The second-order valence-electron chi connectivity index (χ2n) is 15.8. The van der Waals surface area contributed by atoms with E-state index in [-0.39, 0.29) is 0 Å². The van der Waals surface area contributed by atoms with Crippen LogP contribution in [0.15, 0.2) is 219 Å². The lowest BCUT2D eigenvalue weighted by atomic mass is 9.92. The lowest BCUT2D eigenvalue weighted by molar-refractivity contribution is 0.766. The smallest absolute Gasteiger partial charge is 0.121 e. The third-order valence-electron chi connectivity index (χ3n) is 12.1. The molecule has 0 saturated carbocycles. The Morgan fingerprint density at radius 2 is 0.803 bits per heavy atom. The molecule has 2 heterocycles. The lowest BCUT2D eigenvalue weighted by Crippen LogP contribution is -1.98. The minimum atomic E-state index is 0.833. The van der Waals surface area contributed by atoms with Crippen LogP contribution >= 0.6 is 0 Å². The molecule has 4 heteroatoms. The van der Waals surface area contributed by atoms with Gasteiger partial charge < -0.3 is 0 Å². The van der Waals surface area contributed by atoms with Gasteiger partial charge in [0.2, 0.25) is 0 Å². The SMILES string of the molecule is c1cc(-c2ccncc2)cc(-n2nc3cc(-c4ccc5cc(-c6cccc7ccccc67)ccc5c4)cc(-c4ccc5cc(-c6cccc7ccccc67)ccc5c4)c3n2)c1. The molecule has 284 valence electrons. The summed E-state index contributed by atoms with van der Waals surface area (Å²) in [4.78, 5) is 5.99. The summed E-state index contributed by atoms with van der Waals surface area (Å²) in [6.45, 7) is 0. The molecular weight excluding hydrogens is 741 g/mol. The van der Waals surface area contributed by atoms with E-state index in [9.17, 15) is 0 Å². The fourth-order valence-corrected chi connectivity index (χ4v) is 9.00. The first kappa shape index (κ1) is 34.8. The van der Waals surface area contributed by atoms with Gasteiger partial charge in [0, 0.05) is 18.0 Å². The zero-order chi connectivity index (χ0) is 40.3. The minimum Gasteiger partial charge on any atom is -0.265 e. The minimum absolute atomic E-state index is 0.833. The Kier molecular flexibility index (Phi) is 8.13. The average molecular weight is 777 g/mol. The van der Waals surface area contributed by atoms with E-state index < -0.39 is 0 Å². The largest absolute Gasteiger partial charge is 0.265 e. The zero-order valence-electron chi connectivity index (χ0n) is 33.1. The Hall–Kier alpha value is -8.21. The summed E-state index contributed by atoms with van der Waals surface area (Å²) < 4.78 is 0. The summed E-state index contributed by atoms with van der Waals surface area (Å²) in [5.74, 6) is 0. The summed E-state index contributed by atoms with van der Waals surface area (Å²) >= 11 is 0. The topological polar surface area (TPSA) is 43.6 Å². The quantitative estimate of drug-likeness (QED) is 0.169. The van der Waals surface area contributed by atoms with Gasteiger partial charge in [0.1, 0.15) is 11.0 Å². The fraction of sp³-hybridized carbons (Fsp3) is 0. The molecule has 61 heavy (non-hydrogen) atoms. The second-order valence-corrected chi connectivity index (χ2v) is 15.8. The Bertz CT molecular complexity index is 3650. The number of nitrogens with zero attached hydrogens (tertiary/aromatic N) is 4. The molecule has 12 aromatic rings. The summed E-state index contributed by atoms with van der Waals surface area (Å²) in [6, 6.07) is 74.3.